The van der Waals surface area contributed by atoms with Crippen LogP contribution >= 0.6 is 11.6 Å². The van der Waals surface area contributed by atoms with Crippen molar-refractivity contribution < 1.29 is 19.2 Å². The van der Waals surface area contributed by atoms with Crippen LogP contribution in [0.15, 0.2) is 42.5 Å². The topological polar surface area (TPSA) is 105 Å². The van der Waals surface area contributed by atoms with E-state index in [9.17, 15) is 19.7 Å². The van der Waals surface area contributed by atoms with Crippen LogP contribution in [0.3, 0.4) is 0 Å². The van der Waals surface area contributed by atoms with Crippen LogP contribution < -0.4 is 10.2 Å². The van der Waals surface area contributed by atoms with E-state index >= 15 is 0 Å². The maximum absolute atomic E-state index is 12.7. The number of likely N-dealkylation sites (N-methyl/N-ethyl adjacent to an activating group) is 1. The zero-order valence-electron chi connectivity index (χ0n) is 16.3. The second-order valence-electron chi connectivity index (χ2n) is 6.78. The van der Waals surface area contributed by atoms with Gasteiger partial charge in [-0.25, -0.2) is 0 Å². The molecule has 9 nitrogen and oxygen atoms in total. The van der Waals surface area contributed by atoms with Gasteiger partial charge in [0.15, 0.2) is 0 Å². The molecule has 0 unspecified atom stereocenters. The van der Waals surface area contributed by atoms with Gasteiger partial charge in [-0.1, -0.05) is 11.6 Å². The van der Waals surface area contributed by atoms with Gasteiger partial charge in [-0.05, 0) is 36.4 Å². The predicted octanol–water partition coefficient (Wildman–Crippen LogP) is 2.80. The minimum Gasteiger partial charge on any atom is -0.378 e. The van der Waals surface area contributed by atoms with Gasteiger partial charge < -0.3 is 19.9 Å². The van der Waals surface area contributed by atoms with Crippen LogP contribution in [0.1, 0.15) is 10.4 Å². The maximum Gasteiger partial charge on any atom is 0.293 e. The van der Waals surface area contributed by atoms with Crippen molar-refractivity contribution in [3.05, 3.63) is 63.2 Å². The number of morpholine rings is 1. The molecular weight excluding hydrogens is 412 g/mol. The molecular formula is C20H21ClN4O5. The third-order valence-electron chi connectivity index (χ3n) is 4.63. The molecule has 1 aliphatic rings. The second kappa shape index (κ2) is 9.55. The van der Waals surface area contributed by atoms with Crippen molar-refractivity contribution in [2.24, 2.45) is 0 Å². The maximum atomic E-state index is 12.7. The van der Waals surface area contributed by atoms with Crippen molar-refractivity contribution >= 4 is 40.5 Å². The molecule has 158 valence electrons. The first-order chi connectivity index (χ1) is 14.3. The summed E-state index contributed by atoms with van der Waals surface area (Å²) in [5.41, 5.74) is 0.987. The highest BCUT2D eigenvalue weighted by Crippen LogP contribution is 2.30. The number of benzene rings is 2. The lowest BCUT2D eigenvalue weighted by molar-refractivity contribution is -0.384. The average molecular weight is 433 g/mol. The highest BCUT2D eigenvalue weighted by atomic mass is 35.5. The van der Waals surface area contributed by atoms with Gasteiger partial charge in [0.05, 0.1) is 24.7 Å². The number of ether oxygens (including phenoxy) is 1. The molecule has 2 aromatic carbocycles. The lowest BCUT2D eigenvalue weighted by atomic mass is 10.1. The number of hydrogen-bond acceptors (Lipinski definition) is 6. The molecule has 0 aromatic heterocycles. The van der Waals surface area contributed by atoms with Crippen molar-refractivity contribution in [2.75, 3.05) is 50.1 Å². The Balaban J connectivity index is 1.70. The average Bonchev–Trinajstić information content (AvgIpc) is 2.75. The number of nitrogens with zero attached hydrogens (tertiary/aromatic N) is 3. The monoisotopic (exact) mass is 432 g/mol. The van der Waals surface area contributed by atoms with Gasteiger partial charge in [-0.2, -0.15) is 0 Å². The van der Waals surface area contributed by atoms with Crippen LogP contribution in [0, 0.1) is 10.1 Å². The van der Waals surface area contributed by atoms with Gasteiger partial charge in [-0.3, -0.25) is 19.7 Å². The number of amides is 2. The zero-order valence-corrected chi connectivity index (χ0v) is 17.1. The van der Waals surface area contributed by atoms with Crippen molar-refractivity contribution in [2.45, 2.75) is 0 Å². The number of nitrogens with one attached hydrogen (secondary N) is 1. The summed E-state index contributed by atoms with van der Waals surface area (Å²) < 4.78 is 5.28. The Morgan fingerprint density at radius 2 is 1.87 bits per heavy atom. The van der Waals surface area contributed by atoms with Gasteiger partial charge in [0.25, 0.3) is 11.6 Å². The van der Waals surface area contributed by atoms with Crippen LogP contribution in [0.4, 0.5) is 17.1 Å². The highest BCUT2D eigenvalue weighted by Gasteiger charge is 2.24. The van der Waals surface area contributed by atoms with E-state index in [4.69, 9.17) is 16.3 Å². The molecule has 0 atom stereocenters. The molecule has 2 aromatic rings. The van der Waals surface area contributed by atoms with Gasteiger partial charge in [0.1, 0.15) is 5.69 Å². The van der Waals surface area contributed by atoms with Crippen molar-refractivity contribution in [1.82, 2.24) is 4.90 Å². The molecule has 1 fully saturated rings. The first kappa shape index (κ1) is 21.5. The molecule has 1 N–H and O–H groups in total. The van der Waals surface area contributed by atoms with Gasteiger partial charge >= 0.3 is 0 Å². The first-order valence-corrected chi connectivity index (χ1v) is 9.65. The van der Waals surface area contributed by atoms with Crippen LogP contribution in [0.2, 0.25) is 5.02 Å². The van der Waals surface area contributed by atoms with E-state index in [-0.39, 0.29) is 17.8 Å². The molecule has 30 heavy (non-hydrogen) atoms. The van der Waals surface area contributed by atoms with Gasteiger partial charge in [0, 0.05) is 42.5 Å². The molecule has 1 aliphatic heterocycles. The highest BCUT2D eigenvalue weighted by molar-refractivity contribution is 6.30. The van der Waals surface area contributed by atoms with Crippen molar-refractivity contribution in [3.8, 4) is 0 Å². The molecule has 1 heterocycles. The normalized spacial score (nSPS) is 13.6. The number of anilines is 2. The quantitative estimate of drug-likeness (QED) is 0.556. The SMILES string of the molecule is CN(CC(=O)Nc1ccc(Cl)cc1)C(=O)c1ccc(N2CCOCC2)c([N+](=O)[O-])c1. The fraction of sp³-hybridized carbons (Fsp3) is 0.300. The van der Waals surface area contributed by atoms with E-state index in [1.807, 2.05) is 4.90 Å². The Kier molecular flexibility index (Phi) is 6.86. The fourth-order valence-corrected chi connectivity index (χ4v) is 3.24. The molecule has 0 bridgehead atoms. The largest absolute Gasteiger partial charge is 0.378 e. The standard InChI is InChI=1S/C20H21ClN4O5/c1-23(13-19(26)22-16-5-3-15(21)4-6-16)20(27)14-2-7-17(18(12-14)25(28)29)24-8-10-30-11-9-24/h2-7,12H,8-11,13H2,1H3,(H,22,26). The second-order valence-corrected chi connectivity index (χ2v) is 7.21. The Labute approximate surface area is 178 Å². The van der Waals surface area contributed by atoms with Crippen molar-refractivity contribution in [1.29, 1.82) is 0 Å². The van der Waals surface area contributed by atoms with Crippen molar-refractivity contribution in [3.63, 3.8) is 0 Å². The van der Waals surface area contributed by atoms with E-state index in [1.165, 1.54) is 24.1 Å². The summed E-state index contributed by atoms with van der Waals surface area (Å²) >= 11 is 5.81. The summed E-state index contributed by atoms with van der Waals surface area (Å²) in [4.78, 5) is 39.1. The van der Waals surface area contributed by atoms with E-state index in [0.29, 0.717) is 42.7 Å². The Bertz CT molecular complexity index is 945. The summed E-state index contributed by atoms with van der Waals surface area (Å²) in [5.74, 6) is -0.884. The predicted molar refractivity (Wildman–Crippen MR) is 113 cm³/mol. The van der Waals surface area contributed by atoms with Crippen LogP contribution in [-0.4, -0.2) is 61.5 Å². The minimum atomic E-state index is -0.505. The molecule has 2 amide bonds. The van der Waals surface area contributed by atoms with E-state index in [1.54, 1.807) is 30.3 Å². The number of hydrogen-bond donors (Lipinski definition) is 1. The summed E-state index contributed by atoms with van der Waals surface area (Å²) in [5, 5.41) is 14.8. The van der Waals surface area contributed by atoms with E-state index in [0.717, 1.165) is 0 Å². The third-order valence-corrected chi connectivity index (χ3v) is 4.88. The fourth-order valence-electron chi connectivity index (χ4n) is 3.12. The molecule has 0 aliphatic carbocycles. The lowest BCUT2D eigenvalue weighted by Gasteiger charge is -2.28. The zero-order chi connectivity index (χ0) is 21.7. The number of nitro benzene ring substituents is 1. The summed E-state index contributed by atoms with van der Waals surface area (Å²) in [7, 11) is 1.46. The number of carbonyl (C=O) groups is 2. The minimum absolute atomic E-state index is 0.139. The molecule has 10 heteroatoms. The summed E-state index contributed by atoms with van der Waals surface area (Å²) in [6, 6.07) is 10.9. The third kappa shape index (κ3) is 5.25. The molecule has 0 saturated carbocycles. The first-order valence-electron chi connectivity index (χ1n) is 9.27. The van der Waals surface area contributed by atoms with Gasteiger partial charge in [0.2, 0.25) is 5.91 Å². The lowest BCUT2D eigenvalue weighted by Crippen LogP contribution is -2.37. The molecule has 1 saturated heterocycles. The molecule has 0 spiro atoms. The summed E-state index contributed by atoms with van der Waals surface area (Å²) in [6.45, 7) is 1.85. The van der Waals surface area contributed by atoms with Crippen LogP contribution in [-0.2, 0) is 9.53 Å². The summed E-state index contributed by atoms with van der Waals surface area (Å²) in [6.07, 6.45) is 0. The number of halogens is 1. The van der Waals surface area contributed by atoms with E-state index in [2.05, 4.69) is 5.32 Å². The smallest absolute Gasteiger partial charge is 0.293 e. The number of rotatable bonds is 6. The Hall–Kier alpha value is -3.17. The Morgan fingerprint density at radius 3 is 2.50 bits per heavy atom. The molecule has 0 radical (unpaired) electrons. The molecule has 3 rings (SSSR count). The van der Waals surface area contributed by atoms with Gasteiger partial charge in [-0.15, -0.1) is 0 Å². The van der Waals surface area contributed by atoms with Crippen LogP contribution in [0.5, 0.6) is 0 Å². The number of carbonyl (C=O) groups excluding carboxylic acids is 2. The van der Waals surface area contributed by atoms with Crippen LogP contribution in [0.25, 0.3) is 0 Å². The Morgan fingerprint density at radius 1 is 1.20 bits per heavy atom. The number of nitro groups is 1. The van der Waals surface area contributed by atoms with E-state index < -0.39 is 16.7 Å².